The lowest BCUT2D eigenvalue weighted by Crippen LogP contribution is -2.12. The molecule has 1 aliphatic rings. The van der Waals surface area contributed by atoms with Gasteiger partial charge in [-0.25, -0.2) is 13.4 Å². The second kappa shape index (κ2) is 4.78. The fourth-order valence-electron chi connectivity index (χ4n) is 1.91. The van der Waals surface area contributed by atoms with E-state index < -0.39 is 31.6 Å². The van der Waals surface area contributed by atoms with E-state index >= 15 is 0 Å². The first-order valence-electron chi connectivity index (χ1n) is 5.83. The van der Waals surface area contributed by atoms with Crippen molar-refractivity contribution in [3.8, 4) is 0 Å². The first-order chi connectivity index (χ1) is 9.28. The van der Waals surface area contributed by atoms with E-state index in [9.17, 15) is 23.3 Å². The van der Waals surface area contributed by atoms with Crippen molar-refractivity contribution in [1.29, 1.82) is 0 Å². The molecule has 106 valence electrons. The van der Waals surface area contributed by atoms with Crippen molar-refractivity contribution in [2.24, 2.45) is 4.99 Å². The number of rotatable bonds is 4. The van der Waals surface area contributed by atoms with Gasteiger partial charge < -0.3 is 0 Å². The summed E-state index contributed by atoms with van der Waals surface area (Å²) in [5, 5.41) is 10.5. The Morgan fingerprint density at radius 3 is 2.50 bits per heavy atom. The zero-order valence-electron chi connectivity index (χ0n) is 10.7. The quantitative estimate of drug-likeness (QED) is 0.477. The zero-order valence-corrected chi connectivity index (χ0v) is 11.5. The Balaban J connectivity index is 2.70. The van der Waals surface area contributed by atoms with E-state index in [-0.39, 0.29) is 10.5 Å². The van der Waals surface area contributed by atoms with Gasteiger partial charge in [0.25, 0.3) is 11.6 Å². The molecular weight excluding hydrogens is 284 g/mol. The summed E-state index contributed by atoms with van der Waals surface area (Å²) in [5.41, 5.74) is -0.275. The molecule has 2 rings (SSSR count). The third kappa shape index (κ3) is 2.34. The molecule has 0 saturated heterocycles. The molecule has 0 radical (unpaired) electrons. The van der Waals surface area contributed by atoms with E-state index in [0.29, 0.717) is 18.4 Å². The van der Waals surface area contributed by atoms with Gasteiger partial charge in [0, 0.05) is 6.07 Å². The molecule has 1 aromatic carbocycles. The highest BCUT2D eigenvalue weighted by Gasteiger charge is 2.41. The fraction of sp³-hybridized carbons (Fsp3) is 0.333. The molecule has 7 nitrogen and oxygen atoms in total. The number of hydrogen-bond acceptors (Lipinski definition) is 5. The second-order valence-corrected chi connectivity index (χ2v) is 6.80. The molecule has 1 fully saturated rings. The molecule has 0 N–H and O–H groups in total. The summed E-state index contributed by atoms with van der Waals surface area (Å²) in [5.74, 6) is -0.721. The average Bonchev–Trinajstić information content (AvgIpc) is 3.21. The van der Waals surface area contributed by atoms with Crippen LogP contribution in [0.2, 0.25) is 0 Å². The average molecular weight is 296 g/mol. The van der Waals surface area contributed by atoms with Gasteiger partial charge in [0.05, 0.1) is 15.7 Å². The summed E-state index contributed by atoms with van der Waals surface area (Å²) < 4.78 is 24.4. The van der Waals surface area contributed by atoms with Gasteiger partial charge in [-0.2, -0.15) is 0 Å². The number of benzene rings is 1. The predicted octanol–water partition coefficient (Wildman–Crippen LogP) is 1.68. The smallest absolute Gasteiger partial charge is 0.267 e. The minimum atomic E-state index is -3.71. The Kier molecular flexibility index (Phi) is 3.43. The third-order valence-corrected chi connectivity index (χ3v) is 5.44. The van der Waals surface area contributed by atoms with Crippen molar-refractivity contribution in [2.75, 3.05) is 0 Å². The normalized spacial score (nSPS) is 14.8. The van der Waals surface area contributed by atoms with Gasteiger partial charge in [0.1, 0.15) is 4.90 Å². The molecule has 0 bridgehead atoms. The number of nitro benzene ring substituents is 1. The molecule has 0 spiro atoms. The van der Waals surface area contributed by atoms with Gasteiger partial charge in [0.2, 0.25) is 0 Å². The lowest BCUT2D eigenvalue weighted by molar-refractivity contribution is -0.387. The molecule has 1 aromatic rings. The minimum Gasteiger partial charge on any atom is -0.267 e. The number of aliphatic imine (C=N–C) groups is 1. The molecule has 1 aliphatic carbocycles. The van der Waals surface area contributed by atoms with E-state index in [1.54, 1.807) is 0 Å². The van der Waals surface area contributed by atoms with Crippen molar-refractivity contribution in [2.45, 2.75) is 29.9 Å². The van der Waals surface area contributed by atoms with Gasteiger partial charge in [-0.1, -0.05) is 0 Å². The molecule has 0 aromatic heterocycles. The molecule has 0 atom stereocenters. The van der Waals surface area contributed by atoms with Crippen LogP contribution in [0.3, 0.4) is 0 Å². The van der Waals surface area contributed by atoms with Crippen molar-refractivity contribution in [1.82, 2.24) is 0 Å². The number of carbonyl (C=O) groups is 1. The van der Waals surface area contributed by atoms with E-state index in [4.69, 9.17) is 0 Å². The largest absolute Gasteiger partial charge is 0.288 e. The fourth-order valence-corrected chi connectivity index (χ4v) is 3.80. The topological polar surface area (TPSA) is 107 Å². The van der Waals surface area contributed by atoms with Crippen molar-refractivity contribution < 1.29 is 18.1 Å². The number of hydrogen-bond donors (Lipinski definition) is 0. The second-order valence-electron chi connectivity index (χ2n) is 4.60. The van der Waals surface area contributed by atoms with Crippen LogP contribution in [0.5, 0.6) is 0 Å². The predicted molar refractivity (Wildman–Crippen MR) is 71.9 cm³/mol. The summed E-state index contributed by atoms with van der Waals surface area (Å²) in [4.78, 5) is 24.7. The van der Waals surface area contributed by atoms with Crippen LogP contribution in [0.25, 0.3) is 0 Å². The molecule has 8 heteroatoms. The van der Waals surface area contributed by atoms with Crippen molar-refractivity contribution in [3.63, 3.8) is 0 Å². The molecule has 0 unspecified atom stereocenters. The Bertz CT molecular complexity index is 720. The van der Waals surface area contributed by atoms with E-state index in [2.05, 4.69) is 11.7 Å². The maximum Gasteiger partial charge on any atom is 0.288 e. The summed E-state index contributed by atoms with van der Waals surface area (Å²) in [7, 11) is -3.71. The van der Waals surface area contributed by atoms with Crippen LogP contribution in [-0.4, -0.2) is 31.2 Å². The Labute approximate surface area is 115 Å². The van der Waals surface area contributed by atoms with Gasteiger partial charge in [-0.05, 0) is 38.1 Å². The first-order valence-corrected chi connectivity index (χ1v) is 7.37. The van der Waals surface area contributed by atoms with Gasteiger partial charge >= 0.3 is 0 Å². The Hall–Kier alpha value is -2.09. The van der Waals surface area contributed by atoms with Crippen LogP contribution in [0.4, 0.5) is 5.69 Å². The maximum absolute atomic E-state index is 12.2. The zero-order chi connectivity index (χ0) is 15.1. The molecule has 0 heterocycles. The summed E-state index contributed by atoms with van der Waals surface area (Å²) >= 11 is 0. The van der Waals surface area contributed by atoms with Crippen LogP contribution in [-0.2, 0) is 9.84 Å². The number of amides is 1. The monoisotopic (exact) mass is 296 g/mol. The molecule has 20 heavy (non-hydrogen) atoms. The SMILES string of the molecule is C=NC(=O)c1cc([N+](=O)[O-])c(S(=O)(=O)C2CC2)cc1C. The number of carbonyl (C=O) groups excluding carboxylic acids is 1. The summed E-state index contributed by atoms with van der Waals surface area (Å²) in [6.07, 6.45) is 1.01. The van der Waals surface area contributed by atoms with Crippen LogP contribution in [0, 0.1) is 17.0 Å². The van der Waals surface area contributed by atoms with Crippen molar-refractivity contribution in [3.05, 3.63) is 33.4 Å². The van der Waals surface area contributed by atoms with Crippen molar-refractivity contribution >= 4 is 28.1 Å². The van der Waals surface area contributed by atoms with Crippen LogP contribution < -0.4 is 0 Å². The number of aryl methyl sites for hydroxylation is 1. The van der Waals surface area contributed by atoms with Crippen LogP contribution >= 0.6 is 0 Å². The third-order valence-electron chi connectivity index (χ3n) is 3.15. The van der Waals surface area contributed by atoms with E-state index in [1.165, 1.54) is 13.0 Å². The molecule has 1 saturated carbocycles. The molecule has 1 amide bonds. The van der Waals surface area contributed by atoms with Crippen LogP contribution in [0.1, 0.15) is 28.8 Å². The van der Waals surface area contributed by atoms with E-state index in [0.717, 1.165) is 6.07 Å². The van der Waals surface area contributed by atoms with Gasteiger partial charge in [-0.3, -0.25) is 14.9 Å². The highest BCUT2D eigenvalue weighted by molar-refractivity contribution is 7.92. The Morgan fingerprint density at radius 1 is 1.45 bits per heavy atom. The standard InChI is InChI=1S/C12H12N2O5S/c1-7-5-11(20(18,19)8-3-4-8)10(14(16)17)6-9(7)12(15)13-2/h5-6,8H,2-4H2,1H3. The van der Waals surface area contributed by atoms with Crippen LogP contribution in [0.15, 0.2) is 22.0 Å². The first kappa shape index (κ1) is 14.3. The molecular formula is C12H12N2O5S. The number of sulfone groups is 1. The highest BCUT2D eigenvalue weighted by Crippen LogP contribution is 2.38. The van der Waals surface area contributed by atoms with Gasteiger partial charge in [-0.15, -0.1) is 0 Å². The number of nitrogens with zero attached hydrogens (tertiary/aromatic N) is 2. The molecule has 0 aliphatic heterocycles. The van der Waals surface area contributed by atoms with E-state index in [1.807, 2.05) is 0 Å². The minimum absolute atomic E-state index is 0.0125. The lowest BCUT2D eigenvalue weighted by Gasteiger charge is -2.08. The lowest BCUT2D eigenvalue weighted by atomic mass is 10.1. The van der Waals surface area contributed by atoms with Gasteiger partial charge in [0.15, 0.2) is 9.84 Å². The number of nitro groups is 1. The summed E-state index contributed by atoms with van der Waals surface area (Å²) in [6.45, 7) is 4.58. The highest BCUT2D eigenvalue weighted by atomic mass is 32.2. The Morgan fingerprint density at radius 2 is 2.05 bits per heavy atom. The summed E-state index contributed by atoms with van der Waals surface area (Å²) in [6, 6.07) is 2.13. The maximum atomic E-state index is 12.2.